The molecule has 3 nitrogen and oxygen atoms in total. The third-order valence-electron chi connectivity index (χ3n) is 4.03. The van der Waals surface area contributed by atoms with E-state index in [4.69, 9.17) is 0 Å². The fraction of sp³-hybridized carbons (Fsp3) is 0.667. The number of nitrogens with one attached hydrogen (secondary N) is 1. The van der Waals surface area contributed by atoms with E-state index in [0.717, 1.165) is 18.0 Å². The molecule has 104 valence electrons. The molecule has 1 amide bonds. The number of carbonyl (C=O) groups excluding carboxylic acids is 1. The third-order valence-corrected chi connectivity index (χ3v) is 5.02. The van der Waals surface area contributed by atoms with Crippen LogP contribution in [0.4, 0.5) is 0 Å². The first-order chi connectivity index (χ1) is 9.24. The molecule has 3 rings (SSSR count). The largest absolute Gasteiger partial charge is 0.333 e. The maximum Gasteiger partial charge on any atom is 0.264 e. The second kappa shape index (κ2) is 5.63. The zero-order valence-electron chi connectivity index (χ0n) is 11.5. The molecule has 2 heterocycles. The van der Waals surface area contributed by atoms with Crippen molar-refractivity contribution in [3.8, 4) is 0 Å². The molecule has 0 radical (unpaired) electrons. The quantitative estimate of drug-likeness (QED) is 0.918. The number of carbonyl (C=O) groups is 1. The molecule has 1 unspecified atom stereocenters. The van der Waals surface area contributed by atoms with Gasteiger partial charge in [0.25, 0.3) is 5.91 Å². The van der Waals surface area contributed by atoms with Gasteiger partial charge in [0.05, 0.1) is 4.88 Å². The highest BCUT2D eigenvalue weighted by Gasteiger charge is 2.35. The molecule has 19 heavy (non-hydrogen) atoms. The predicted molar refractivity (Wildman–Crippen MR) is 78.8 cm³/mol. The molecule has 2 aliphatic rings. The zero-order chi connectivity index (χ0) is 13.2. The first-order valence-corrected chi connectivity index (χ1v) is 8.16. The van der Waals surface area contributed by atoms with Crippen molar-refractivity contribution >= 4 is 17.2 Å². The average molecular weight is 278 g/mol. The molecule has 1 aliphatic carbocycles. The Morgan fingerprint density at radius 1 is 1.37 bits per heavy atom. The van der Waals surface area contributed by atoms with Crippen LogP contribution in [0.5, 0.6) is 0 Å². The Hall–Kier alpha value is -0.870. The number of thiophene rings is 1. The molecule has 1 atom stereocenters. The van der Waals surface area contributed by atoms with Gasteiger partial charge in [0.1, 0.15) is 0 Å². The normalized spacial score (nSPS) is 23.3. The first kappa shape index (κ1) is 13.1. The molecule has 1 aromatic heterocycles. The minimum atomic E-state index is 0.243. The highest BCUT2D eigenvalue weighted by Crippen LogP contribution is 2.30. The van der Waals surface area contributed by atoms with E-state index in [-0.39, 0.29) is 5.91 Å². The van der Waals surface area contributed by atoms with Gasteiger partial charge in [-0.1, -0.05) is 6.42 Å². The van der Waals surface area contributed by atoms with E-state index in [1.165, 1.54) is 37.0 Å². The van der Waals surface area contributed by atoms with Gasteiger partial charge in [-0.3, -0.25) is 4.79 Å². The van der Waals surface area contributed by atoms with E-state index in [0.29, 0.717) is 12.1 Å². The van der Waals surface area contributed by atoms with Gasteiger partial charge in [-0.05, 0) is 51.3 Å². The molecule has 1 aliphatic heterocycles. The number of piperidine rings is 1. The van der Waals surface area contributed by atoms with Gasteiger partial charge in [-0.25, -0.2) is 0 Å². The summed E-state index contributed by atoms with van der Waals surface area (Å²) < 4.78 is 0. The highest BCUT2D eigenvalue weighted by atomic mass is 32.1. The average Bonchev–Trinajstić information content (AvgIpc) is 3.18. The van der Waals surface area contributed by atoms with Gasteiger partial charge in [0.15, 0.2) is 0 Å². The van der Waals surface area contributed by atoms with E-state index in [1.54, 1.807) is 11.3 Å². The van der Waals surface area contributed by atoms with Gasteiger partial charge in [0.2, 0.25) is 0 Å². The number of amides is 1. The summed E-state index contributed by atoms with van der Waals surface area (Å²) in [7, 11) is 0. The molecular formula is C15H22N2OS. The SMILES string of the molecule is Cc1ccc(C(=O)N(CC2CCCCN2)C2CC2)s1. The maximum absolute atomic E-state index is 12.6. The summed E-state index contributed by atoms with van der Waals surface area (Å²) >= 11 is 1.62. The number of rotatable bonds is 4. The molecule has 0 bridgehead atoms. The molecule has 0 spiro atoms. The number of hydrogen-bond donors (Lipinski definition) is 1. The van der Waals surface area contributed by atoms with Crippen LogP contribution in [0, 0.1) is 6.92 Å². The summed E-state index contributed by atoms with van der Waals surface area (Å²) in [6.45, 7) is 4.06. The monoisotopic (exact) mass is 278 g/mol. The zero-order valence-corrected chi connectivity index (χ0v) is 12.3. The molecule has 1 saturated carbocycles. The lowest BCUT2D eigenvalue weighted by Crippen LogP contribution is -2.46. The first-order valence-electron chi connectivity index (χ1n) is 7.35. The van der Waals surface area contributed by atoms with Crippen LogP contribution in [0.3, 0.4) is 0 Å². The molecule has 2 fully saturated rings. The molecule has 1 N–H and O–H groups in total. The van der Waals surface area contributed by atoms with Crippen molar-refractivity contribution in [1.82, 2.24) is 10.2 Å². The van der Waals surface area contributed by atoms with Gasteiger partial charge in [0, 0.05) is 23.5 Å². The van der Waals surface area contributed by atoms with Gasteiger partial charge in [-0.2, -0.15) is 0 Å². The fourth-order valence-electron chi connectivity index (χ4n) is 2.79. The van der Waals surface area contributed by atoms with Crippen molar-refractivity contribution in [2.75, 3.05) is 13.1 Å². The van der Waals surface area contributed by atoms with Crippen molar-refractivity contribution in [3.63, 3.8) is 0 Å². The predicted octanol–water partition coefficient (Wildman–Crippen LogP) is 2.80. The van der Waals surface area contributed by atoms with Crippen LogP contribution in [0.2, 0.25) is 0 Å². The molecule has 4 heteroatoms. The van der Waals surface area contributed by atoms with Crippen molar-refractivity contribution in [2.45, 2.75) is 51.1 Å². The van der Waals surface area contributed by atoms with Crippen LogP contribution in [0.25, 0.3) is 0 Å². The maximum atomic E-state index is 12.6. The van der Waals surface area contributed by atoms with Crippen LogP contribution in [0.15, 0.2) is 12.1 Å². The number of nitrogens with zero attached hydrogens (tertiary/aromatic N) is 1. The van der Waals surface area contributed by atoms with Crippen LogP contribution >= 0.6 is 11.3 Å². The highest BCUT2D eigenvalue weighted by molar-refractivity contribution is 7.13. The van der Waals surface area contributed by atoms with E-state index >= 15 is 0 Å². The lowest BCUT2D eigenvalue weighted by atomic mass is 10.0. The minimum absolute atomic E-state index is 0.243. The van der Waals surface area contributed by atoms with E-state index in [2.05, 4.69) is 17.1 Å². The van der Waals surface area contributed by atoms with Crippen LogP contribution in [0.1, 0.15) is 46.7 Å². The van der Waals surface area contributed by atoms with E-state index in [9.17, 15) is 4.79 Å². The van der Waals surface area contributed by atoms with E-state index < -0.39 is 0 Å². The second-order valence-electron chi connectivity index (χ2n) is 5.75. The van der Waals surface area contributed by atoms with Crippen LogP contribution < -0.4 is 5.32 Å². The van der Waals surface area contributed by atoms with Crippen molar-refractivity contribution in [1.29, 1.82) is 0 Å². The Balaban J connectivity index is 1.68. The fourth-order valence-corrected chi connectivity index (χ4v) is 3.62. The Morgan fingerprint density at radius 2 is 2.21 bits per heavy atom. The summed E-state index contributed by atoms with van der Waals surface area (Å²) in [5.74, 6) is 0.243. The minimum Gasteiger partial charge on any atom is -0.333 e. The lowest BCUT2D eigenvalue weighted by Gasteiger charge is -2.30. The summed E-state index contributed by atoms with van der Waals surface area (Å²) in [5, 5.41) is 3.55. The van der Waals surface area contributed by atoms with Crippen LogP contribution in [-0.4, -0.2) is 36.0 Å². The van der Waals surface area contributed by atoms with Crippen LogP contribution in [-0.2, 0) is 0 Å². The van der Waals surface area contributed by atoms with Crippen molar-refractivity contribution in [2.24, 2.45) is 0 Å². The summed E-state index contributed by atoms with van der Waals surface area (Å²) in [6.07, 6.45) is 6.14. The Morgan fingerprint density at radius 3 is 2.79 bits per heavy atom. The van der Waals surface area contributed by atoms with Gasteiger partial charge in [-0.15, -0.1) is 11.3 Å². The topological polar surface area (TPSA) is 32.3 Å². The Kier molecular flexibility index (Phi) is 3.89. The summed E-state index contributed by atoms with van der Waals surface area (Å²) in [6, 6.07) is 5.02. The summed E-state index contributed by atoms with van der Waals surface area (Å²) in [5.41, 5.74) is 0. The molecule has 1 aromatic rings. The number of hydrogen-bond acceptors (Lipinski definition) is 3. The van der Waals surface area contributed by atoms with Gasteiger partial charge >= 0.3 is 0 Å². The Labute approximate surface area is 119 Å². The standard InChI is InChI=1S/C15H22N2OS/c1-11-5-8-14(19-11)15(18)17(13-6-7-13)10-12-4-2-3-9-16-12/h5,8,12-13,16H,2-4,6-7,9-10H2,1H3. The smallest absolute Gasteiger partial charge is 0.264 e. The van der Waals surface area contributed by atoms with E-state index in [1.807, 2.05) is 12.1 Å². The van der Waals surface area contributed by atoms with Crippen molar-refractivity contribution in [3.05, 3.63) is 21.9 Å². The number of aryl methyl sites for hydroxylation is 1. The molecule has 1 saturated heterocycles. The molecular weight excluding hydrogens is 256 g/mol. The Bertz CT molecular complexity index is 447. The third kappa shape index (κ3) is 3.18. The lowest BCUT2D eigenvalue weighted by molar-refractivity contribution is 0.0723. The summed E-state index contributed by atoms with van der Waals surface area (Å²) in [4.78, 5) is 16.9. The molecule has 0 aromatic carbocycles. The second-order valence-corrected chi connectivity index (χ2v) is 7.03. The van der Waals surface area contributed by atoms with Crippen molar-refractivity contribution < 1.29 is 4.79 Å². The van der Waals surface area contributed by atoms with Gasteiger partial charge < -0.3 is 10.2 Å².